The molecule has 0 aliphatic carbocycles. The van der Waals surface area contributed by atoms with E-state index in [1.54, 1.807) is 12.3 Å². The maximum absolute atomic E-state index is 13.5. The van der Waals surface area contributed by atoms with E-state index in [1.807, 2.05) is 88.4 Å². The molecule has 4 N–H and O–H groups in total. The van der Waals surface area contributed by atoms with Gasteiger partial charge in [0.1, 0.15) is 24.2 Å². The van der Waals surface area contributed by atoms with Crippen molar-refractivity contribution in [2.75, 3.05) is 77.9 Å². The van der Waals surface area contributed by atoms with Gasteiger partial charge in [0.15, 0.2) is 0 Å². The summed E-state index contributed by atoms with van der Waals surface area (Å²) >= 11 is 0. The number of carbonyl (C=O) groups excluding carboxylic acids is 2. The molecule has 330 valence electrons. The Morgan fingerprint density at radius 2 is 1.56 bits per heavy atom. The quantitative estimate of drug-likeness (QED) is 0.0174. The van der Waals surface area contributed by atoms with Crippen molar-refractivity contribution in [2.24, 2.45) is 11.0 Å². The van der Waals surface area contributed by atoms with Crippen molar-refractivity contribution >= 4 is 39.9 Å². The lowest BCUT2D eigenvalue weighted by Gasteiger charge is -2.25. The molecule has 3 aromatic rings. The molecule has 0 aliphatic rings. The van der Waals surface area contributed by atoms with Crippen molar-refractivity contribution in [2.45, 2.75) is 59.0 Å². The van der Waals surface area contributed by atoms with Gasteiger partial charge in [-0.1, -0.05) is 74.1 Å². The van der Waals surface area contributed by atoms with Gasteiger partial charge < -0.3 is 44.7 Å². The molecule has 3 rings (SSSR count). The van der Waals surface area contributed by atoms with E-state index in [0.717, 1.165) is 33.3 Å². The van der Waals surface area contributed by atoms with E-state index in [9.17, 15) is 19.5 Å². The van der Waals surface area contributed by atoms with Crippen molar-refractivity contribution in [3.8, 4) is 5.75 Å². The molecule has 1 heterocycles. The van der Waals surface area contributed by atoms with Gasteiger partial charge in [-0.25, -0.2) is 4.98 Å². The van der Waals surface area contributed by atoms with Crippen molar-refractivity contribution in [1.29, 1.82) is 0 Å². The number of hydrogen-bond acceptors (Lipinski definition) is 11. The van der Waals surface area contributed by atoms with Crippen molar-refractivity contribution in [1.82, 2.24) is 15.6 Å². The zero-order chi connectivity index (χ0) is 44.2. The number of anilines is 1. The summed E-state index contributed by atoms with van der Waals surface area (Å²) in [5.74, 6) is -0.693. The summed E-state index contributed by atoms with van der Waals surface area (Å²) in [5.41, 5.74) is 11.5. The molecule has 0 bridgehead atoms. The van der Waals surface area contributed by atoms with Crippen LogP contribution in [0.3, 0.4) is 0 Å². The number of allylic oxidation sites excluding steroid dienone is 3. The van der Waals surface area contributed by atoms with Gasteiger partial charge in [-0.3, -0.25) is 14.4 Å². The Labute approximate surface area is 358 Å². The second kappa shape index (κ2) is 28.7. The number of carboxylic acids is 1. The largest absolute Gasteiger partial charge is 0.491 e. The molecule has 0 saturated heterocycles. The number of nitrogens with zero attached hydrogens (tertiary/aromatic N) is 4. The molecular weight excluding hydrogens is 783 g/mol. The van der Waals surface area contributed by atoms with Crippen LogP contribution in [-0.4, -0.2) is 113 Å². The van der Waals surface area contributed by atoms with Crippen LogP contribution >= 0.6 is 0 Å². The van der Waals surface area contributed by atoms with E-state index in [0.29, 0.717) is 90.3 Å². The van der Waals surface area contributed by atoms with Gasteiger partial charge in [0.05, 0.1) is 65.3 Å². The second-order valence-electron chi connectivity index (χ2n) is 14.3. The van der Waals surface area contributed by atoms with Gasteiger partial charge in [0.2, 0.25) is 11.8 Å². The molecule has 2 aromatic carbocycles. The van der Waals surface area contributed by atoms with Gasteiger partial charge in [0, 0.05) is 36.0 Å². The number of aromatic nitrogens is 1. The predicted octanol–water partition coefficient (Wildman–Crippen LogP) is 6.81. The number of carboxylic acid groups (broad SMARTS) is 1. The topological polar surface area (TPSA) is 215 Å². The number of ether oxygens (including phenoxy) is 5. The predicted molar refractivity (Wildman–Crippen MR) is 236 cm³/mol. The number of rotatable bonds is 31. The lowest BCUT2D eigenvalue weighted by atomic mass is 9.95. The van der Waals surface area contributed by atoms with Crippen LogP contribution in [0.4, 0.5) is 5.82 Å². The van der Waals surface area contributed by atoms with Crippen LogP contribution in [0.1, 0.15) is 51.2 Å². The number of hydrogen-bond donors (Lipinski definition) is 4. The lowest BCUT2D eigenvalue weighted by molar-refractivity contribution is -0.137. The maximum Gasteiger partial charge on any atom is 0.305 e. The Bertz CT molecular complexity index is 1960. The minimum Gasteiger partial charge on any atom is -0.491 e. The molecule has 0 aliphatic heterocycles. The first kappa shape index (κ1) is 49.6. The van der Waals surface area contributed by atoms with Crippen LogP contribution in [0.15, 0.2) is 90.2 Å². The summed E-state index contributed by atoms with van der Waals surface area (Å²) in [6.07, 6.45) is 7.56. The van der Waals surface area contributed by atoms with Gasteiger partial charge in [0.25, 0.3) is 0 Å². The van der Waals surface area contributed by atoms with Crippen molar-refractivity contribution in [3.05, 3.63) is 107 Å². The number of benzene rings is 2. The number of pyridine rings is 1. The third-order valence-electron chi connectivity index (χ3n) is 9.19. The highest BCUT2D eigenvalue weighted by atomic mass is 16.6. The number of fused-ring (bicyclic) bond motifs is 1. The standard InChI is InChI=1S/C45H61N7O9/c1-6-35(36-15-16-40(38-11-8-7-10-37(36)38)61-29-28-60-27-26-59-25-24-58-23-22-57-21-20-49-52-46)14-13-34(5)39(31-43(54)55)50-45(56)44(32(2)3)51-42(53)12-9-18-47-41-30-33(4)17-19-48-41/h6-8,10-11,13-17,19,30,32,39,44H,5,9,12,18,20-29,31H2,1-4H3,(H,47,48)(H,50,56)(H,51,53)(H,54,55)/b14-13-,35-6+/t39-,44-/m0/s1. The molecule has 0 unspecified atom stereocenters. The third-order valence-corrected chi connectivity index (χ3v) is 9.19. The highest BCUT2D eigenvalue weighted by Gasteiger charge is 2.27. The fourth-order valence-electron chi connectivity index (χ4n) is 6.02. The molecule has 0 radical (unpaired) electrons. The molecule has 0 fully saturated rings. The first-order valence-corrected chi connectivity index (χ1v) is 20.5. The zero-order valence-electron chi connectivity index (χ0n) is 35.8. The Morgan fingerprint density at radius 1 is 0.902 bits per heavy atom. The summed E-state index contributed by atoms with van der Waals surface area (Å²) in [6.45, 7) is 16.1. The highest BCUT2D eigenvalue weighted by molar-refractivity contribution is 5.99. The Hall–Kier alpha value is -5.77. The van der Waals surface area contributed by atoms with E-state index >= 15 is 0 Å². The number of carbonyl (C=O) groups is 3. The third kappa shape index (κ3) is 19.0. The van der Waals surface area contributed by atoms with E-state index in [2.05, 4.69) is 37.5 Å². The molecule has 0 spiro atoms. The van der Waals surface area contributed by atoms with E-state index in [-0.39, 0.29) is 18.2 Å². The summed E-state index contributed by atoms with van der Waals surface area (Å²) in [7, 11) is 0. The van der Waals surface area contributed by atoms with Crippen LogP contribution in [0, 0.1) is 12.8 Å². The fourth-order valence-corrected chi connectivity index (χ4v) is 6.02. The average Bonchev–Trinajstić information content (AvgIpc) is 3.24. The van der Waals surface area contributed by atoms with Crippen molar-refractivity contribution in [3.63, 3.8) is 0 Å². The van der Waals surface area contributed by atoms with E-state index in [1.165, 1.54) is 0 Å². The number of nitrogens with one attached hydrogen (secondary N) is 3. The average molecular weight is 844 g/mol. The van der Waals surface area contributed by atoms with Crippen LogP contribution < -0.4 is 20.7 Å². The molecule has 2 atom stereocenters. The smallest absolute Gasteiger partial charge is 0.305 e. The van der Waals surface area contributed by atoms with Crippen LogP contribution in [0.2, 0.25) is 0 Å². The summed E-state index contributed by atoms with van der Waals surface area (Å²) in [5, 5.41) is 23.8. The summed E-state index contributed by atoms with van der Waals surface area (Å²) in [6, 6.07) is 13.8. The number of aliphatic carboxylic acids is 1. The number of amides is 2. The minimum absolute atomic E-state index is 0.197. The van der Waals surface area contributed by atoms with Crippen LogP contribution in [0.5, 0.6) is 5.75 Å². The molecule has 16 heteroatoms. The molecule has 0 saturated carbocycles. The highest BCUT2D eigenvalue weighted by Crippen LogP contribution is 2.33. The van der Waals surface area contributed by atoms with E-state index in [4.69, 9.17) is 29.2 Å². The van der Waals surface area contributed by atoms with Crippen LogP contribution in [-0.2, 0) is 33.3 Å². The normalized spacial score (nSPS) is 12.5. The monoisotopic (exact) mass is 843 g/mol. The van der Waals surface area contributed by atoms with Gasteiger partial charge >= 0.3 is 5.97 Å². The van der Waals surface area contributed by atoms with Crippen molar-refractivity contribution < 1.29 is 43.2 Å². The second-order valence-corrected chi connectivity index (χ2v) is 14.3. The summed E-state index contributed by atoms with van der Waals surface area (Å²) in [4.78, 5) is 45.2. The first-order chi connectivity index (χ1) is 29.5. The first-order valence-electron chi connectivity index (χ1n) is 20.5. The van der Waals surface area contributed by atoms with Gasteiger partial charge in [-0.15, -0.1) is 0 Å². The Kier molecular flexibility index (Phi) is 23.3. The maximum atomic E-state index is 13.5. The molecule has 1 aromatic heterocycles. The number of aryl methyl sites for hydroxylation is 1. The Morgan fingerprint density at radius 3 is 2.18 bits per heavy atom. The zero-order valence-corrected chi connectivity index (χ0v) is 35.8. The molecule has 2 amide bonds. The van der Waals surface area contributed by atoms with E-state index < -0.39 is 30.4 Å². The SMILES string of the molecule is C=C(/C=C\C(=C/C)c1ccc(OCCOCCOCCOCCOCCN=[N+]=[N-])c2ccccc12)[C@H](CC(=O)O)NC(=O)[C@@H](NC(=O)CCCNc1cc(C)ccn1)C(C)C. The van der Waals surface area contributed by atoms with Crippen LogP contribution in [0.25, 0.3) is 26.8 Å². The Balaban J connectivity index is 1.51. The molecule has 16 nitrogen and oxygen atoms in total. The molecular formula is C45H61N7O9. The number of azide groups is 1. The molecule has 61 heavy (non-hydrogen) atoms. The van der Waals surface area contributed by atoms with Gasteiger partial charge in [-0.2, -0.15) is 0 Å². The lowest BCUT2D eigenvalue weighted by Crippen LogP contribution is -2.52. The fraction of sp³-hybridized carbons (Fsp3) is 0.467. The van der Waals surface area contributed by atoms with Gasteiger partial charge in [-0.05, 0) is 77.6 Å². The summed E-state index contributed by atoms with van der Waals surface area (Å²) < 4.78 is 28.0. The minimum atomic E-state index is -1.10.